The molecule has 2 rings (SSSR count). The fourth-order valence-electron chi connectivity index (χ4n) is 2.30. The quantitative estimate of drug-likeness (QED) is 0.650. The molecule has 0 fully saturated rings. The average molecular weight is 415 g/mol. The second-order valence-corrected chi connectivity index (χ2v) is 7.92. The molecule has 0 saturated heterocycles. The summed E-state index contributed by atoms with van der Waals surface area (Å²) in [4.78, 5) is 24.7. The van der Waals surface area contributed by atoms with E-state index in [2.05, 4.69) is 9.69 Å². The summed E-state index contributed by atoms with van der Waals surface area (Å²) in [6, 6.07) is 9.82. The number of hydrogen-bond acceptors (Lipinski definition) is 5. The molecule has 0 unspecified atom stereocenters. The summed E-state index contributed by atoms with van der Waals surface area (Å²) in [7, 11) is 0. The number of nitrogens with one attached hydrogen (secondary N) is 1. The molecule has 140 valence electrons. The number of esters is 1. The summed E-state index contributed by atoms with van der Waals surface area (Å²) in [6.07, 6.45) is 0.190. The van der Waals surface area contributed by atoms with E-state index in [1.54, 1.807) is 0 Å². The second-order valence-electron chi connectivity index (χ2n) is 6.17. The summed E-state index contributed by atoms with van der Waals surface area (Å²) < 4.78 is 9.45. The maximum absolute atomic E-state index is 12.5. The van der Waals surface area contributed by atoms with Crippen LogP contribution in [0.4, 0.5) is 0 Å². The molecule has 8 heteroatoms. The lowest BCUT2D eigenvalue weighted by Gasteiger charge is -2.19. The maximum Gasteiger partial charge on any atom is 0.360 e. The highest BCUT2D eigenvalue weighted by Gasteiger charge is 2.27. The van der Waals surface area contributed by atoms with E-state index >= 15 is 0 Å². The lowest BCUT2D eigenvalue weighted by molar-refractivity contribution is -0.130. The predicted octanol–water partition coefficient (Wildman–Crippen LogP) is 4.38. The molecular weight excluding hydrogens is 395 g/mol. The monoisotopic (exact) mass is 414 g/mol. The lowest BCUT2D eigenvalue weighted by atomic mass is 10.1. The van der Waals surface area contributed by atoms with Crippen molar-refractivity contribution in [3.63, 3.8) is 0 Å². The van der Waals surface area contributed by atoms with Crippen LogP contribution in [0, 0.1) is 5.92 Å². The number of benzene rings is 1. The van der Waals surface area contributed by atoms with Crippen molar-refractivity contribution in [3.8, 4) is 0 Å². The van der Waals surface area contributed by atoms with Crippen molar-refractivity contribution in [1.29, 1.82) is 0 Å². The molecule has 0 spiro atoms. The zero-order valence-electron chi connectivity index (χ0n) is 14.5. The van der Waals surface area contributed by atoms with Crippen LogP contribution in [0.15, 0.2) is 30.3 Å². The normalized spacial score (nSPS) is 12.0. The Labute approximate surface area is 166 Å². The first kappa shape index (κ1) is 20.7. The van der Waals surface area contributed by atoms with Gasteiger partial charge in [-0.2, -0.15) is 4.37 Å². The van der Waals surface area contributed by atoms with Crippen LogP contribution < -0.4 is 5.32 Å². The van der Waals surface area contributed by atoms with Gasteiger partial charge in [0, 0.05) is 6.54 Å². The number of aromatic nitrogens is 1. The number of ether oxygens (including phenoxy) is 1. The Hall–Kier alpha value is -1.63. The van der Waals surface area contributed by atoms with Crippen LogP contribution in [0.5, 0.6) is 0 Å². The Balaban J connectivity index is 1.95. The summed E-state index contributed by atoms with van der Waals surface area (Å²) in [5, 5.41) is 2.87. The third-order valence-corrected chi connectivity index (χ3v) is 5.18. The summed E-state index contributed by atoms with van der Waals surface area (Å²) >= 11 is 12.7. The van der Waals surface area contributed by atoms with Crippen molar-refractivity contribution in [1.82, 2.24) is 9.69 Å². The highest BCUT2D eigenvalue weighted by atomic mass is 35.5. The van der Waals surface area contributed by atoms with Crippen LogP contribution in [-0.4, -0.2) is 28.9 Å². The van der Waals surface area contributed by atoms with Crippen LogP contribution in [0.3, 0.4) is 0 Å². The number of carbonyl (C=O) groups is 2. The van der Waals surface area contributed by atoms with Gasteiger partial charge >= 0.3 is 5.97 Å². The third kappa shape index (κ3) is 5.97. The van der Waals surface area contributed by atoms with Gasteiger partial charge in [-0.05, 0) is 35.9 Å². The first-order valence-electron chi connectivity index (χ1n) is 8.21. The molecule has 0 aliphatic heterocycles. The maximum atomic E-state index is 12.5. The molecule has 26 heavy (non-hydrogen) atoms. The molecule has 5 nitrogen and oxygen atoms in total. The van der Waals surface area contributed by atoms with E-state index in [0.717, 1.165) is 17.1 Å². The van der Waals surface area contributed by atoms with Crippen molar-refractivity contribution < 1.29 is 14.3 Å². The van der Waals surface area contributed by atoms with E-state index in [1.807, 2.05) is 44.2 Å². The van der Waals surface area contributed by atoms with Crippen molar-refractivity contribution >= 4 is 46.6 Å². The fourth-order valence-corrected chi connectivity index (χ4v) is 3.28. The van der Waals surface area contributed by atoms with Gasteiger partial charge in [0.25, 0.3) is 5.91 Å². The van der Waals surface area contributed by atoms with Crippen LogP contribution in [0.25, 0.3) is 0 Å². The molecule has 1 heterocycles. The Morgan fingerprint density at radius 2 is 1.92 bits per heavy atom. The molecule has 0 radical (unpaired) electrons. The van der Waals surface area contributed by atoms with Gasteiger partial charge < -0.3 is 10.1 Å². The van der Waals surface area contributed by atoms with Crippen LogP contribution >= 0.6 is 34.7 Å². The van der Waals surface area contributed by atoms with Crippen LogP contribution in [-0.2, 0) is 16.0 Å². The zero-order chi connectivity index (χ0) is 19.1. The van der Waals surface area contributed by atoms with Gasteiger partial charge in [0.1, 0.15) is 9.36 Å². The Morgan fingerprint density at radius 1 is 1.23 bits per heavy atom. The van der Waals surface area contributed by atoms with Crippen molar-refractivity contribution in [2.45, 2.75) is 32.8 Å². The van der Waals surface area contributed by atoms with Crippen molar-refractivity contribution in [2.75, 3.05) is 6.54 Å². The molecule has 2 aromatic rings. The topological polar surface area (TPSA) is 68.3 Å². The molecule has 0 aliphatic rings. The lowest BCUT2D eigenvalue weighted by Crippen LogP contribution is -2.39. The highest BCUT2D eigenvalue weighted by molar-refractivity contribution is 7.11. The van der Waals surface area contributed by atoms with Crippen molar-refractivity contribution in [3.05, 3.63) is 50.9 Å². The van der Waals surface area contributed by atoms with Gasteiger partial charge in [0.2, 0.25) is 0 Å². The SMILES string of the molecule is CC(C)C[C@@H](OC(=O)c1nsc(Cl)c1Cl)C(=O)NCCc1ccccc1. The van der Waals surface area contributed by atoms with E-state index < -0.39 is 12.1 Å². The Bertz CT molecular complexity index is 750. The first-order valence-corrected chi connectivity index (χ1v) is 9.74. The van der Waals surface area contributed by atoms with E-state index in [0.29, 0.717) is 19.4 Å². The van der Waals surface area contributed by atoms with Gasteiger partial charge in [-0.15, -0.1) is 0 Å². The standard InChI is InChI=1S/C18H20Cl2N2O3S/c1-11(2)10-13(25-18(24)15-14(19)16(20)26-22-15)17(23)21-9-8-12-6-4-3-5-7-12/h3-7,11,13H,8-10H2,1-2H3,(H,21,23)/t13-/m1/s1. The molecule has 0 bridgehead atoms. The minimum absolute atomic E-state index is 0.0504. The molecule has 1 N–H and O–H groups in total. The minimum atomic E-state index is -0.908. The van der Waals surface area contributed by atoms with E-state index in [4.69, 9.17) is 27.9 Å². The molecule has 1 amide bonds. The van der Waals surface area contributed by atoms with Gasteiger partial charge in [0.15, 0.2) is 11.8 Å². The summed E-state index contributed by atoms with van der Waals surface area (Å²) in [5.41, 5.74) is 1.06. The first-order chi connectivity index (χ1) is 12.4. The van der Waals surface area contributed by atoms with Crippen LogP contribution in [0.1, 0.15) is 36.3 Å². The second kappa shape index (κ2) is 9.90. The predicted molar refractivity (Wildman–Crippen MR) is 104 cm³/mol. The van der Waals surface area contributed by atoms with E-state index in [9.17, 15) is 9.59 Å². The Kier molecular flexibility index (Phi) is 7.87. The zero-order valence-corrected chi connectivity index (χ0v) is 16.8. The summed E-state index contributed by atoms with van der Waals surface area (Å²) in [5.74, 6) is -0.912. The molecule has 0 saturated carbocycles. The number of carbonyl (C=O) groups excluding carboxylic acids is 2. The average Bonchev–Trinajstić information content (AvgIpc) is 2.94. The molecule has 1 atom stereocenters. The third-order valence-electron chi connectivity index (χ3n) is 3.57. The molecule has 1 aromatic heterocycles. The number of hydrogen-bond donors (Lipinski definition) is 1. The summed E-state index contributed by atoms with van der Waals surface area (Å²) in [6.45, 7) is 4.35. The highest BCUT2D eigenvalue weighted by Crippen LogP contribution is 2.30. The molecule has 0 aliphatic carbocycles. The minimum Gasteiger partial charge on any atom is -0.447 e. The van der Waals surface area contributed by atoms with Crippen molar-refractivity contribution in [2.24, 2.45) is 5.92 Å². The Morgan fingerprint density at radius 3 is 2.50 bits per heavy atom. The van der Waals surface area contributed by atoms with Crippen LogP contribution in [0.2, 0.25) is 9.36 Å². The van der Waals surface area contributed by atoms with Gasteiger partial charge in [-0.1, -0.05) is 67.4 Å². The van der Waals surface area contributed by atoms with Gasteiger partial charge in [0.05, 0.1) is 0 Å². The number of rotatable bonds is 8. The fraction of sp³-hybridized carbons (Fsp3) is 0.389. The number of amides is 1. The number of halogens is 2. The largest absolute Gasteiger partial charge is 0.447 e. The van der Waals surface area contributed by atoms with Gasteiger partial charge in [-0.3, -0.25) is 4.79 Å². The number of nitrogens with zero attached hydrogens (tertiary/aromatic N) is 1. The van der Waals surface area contributed by atoms with E-state index in [-0.39, 0.29) is 26.9 Å². The molecular formula is C18H20Cl2N2O3S. The van der Waals surface area contributed by atoms with Gasteiger partial charge in [-0.25, -0.2) is 4.79 Å². The smallest absolute Gasteiger partial charge is 0.360 e. The van der Waals surface area contributed by atoms with E-state index in [1.165, 1.54) is 0 Å². The molecule has 1 aromatic carbocycles.